The maximum Gasteiger partial charge on any atom is 0.0669 e. The molecule has 0 aliphatic heterocycles. The average molecular weight is 173 g/mol. The summed E-state index contributed by atoms with van der Waals surface area (Å²) in [5.41, 5.74) is 2.47. The third-order valence-electron chi connectivity index (χ3n) is 2.44. The van der Waals surface area contributed by atoms with E-state index >= 15 is 0 Å². The highest BCUT2D eigenvalue weighted by Gasteiger charge is 2.01. The number of nitriles is 1. The lowest BCUT2D eigenvalue weighted by Gasteiger charge is -2.08. The molecule has 1 aromatic rings. The predicted octanol–water partition coefficient (Wildman–Crippen LogP) is 3.27. The van der Waals surface area contributed by atoms with Gasteiger partial charge >= 0.3 is 0 Å². The highest BCUT2D eigenvalue weighted by Crippen LogP contribution is 2.18. The quantitative estimate of drug-likeness (QED) is 0.688. The lowest BCUT2D eigenvalue weighted by molar-refractivity contribution is 0.733. The van der Waals surface area contributed by atoms with Crippen LogP contribution < -0.4 is 0 Å². The molecule has 0 saturated heterocycles. The van der Waals surface area contributed by atoms with Gasteiger partial charge in [-0.25, -0.2) is 0 Å². The molecule has 0 aliphatic rings. The van der Waals surface area contributed by atoms with E-state index in [4.69, 9.17) is 5.26 Å². The minimum absolute atomic E-state index is 0.515. The number of hydrogen-bond acceptors (Lipinski definition) is 1. The van der Waals surface area contributed by atoms with Gasteiger partial charge in [0.25, 0.3) is 0 Å². The Bertz CT molecular complexity index is 292. The van der Waals surface area contributed by atoms with Gasteiger partial charge in [0.1, 0.15) is 0 Å². The molecule has 1 aromatic carbocycles. The summed E-state index contributed by atoms with van der Waals surface area (Å²) in [6.07, 6.45) is 1.68. The van der Waals surface area contributed by atoms with Gasteiger partial charge in [-0.05, 0) is 23.5 Å². The second-order valence-electron chi connectivity index (χ2n) is 3.39. The van der Waals surface area contributed by atoms with Gasteiger partial charge in [0.2, 0.25) is 0 Å². The minimum Gasteiger partial charge on any atom is -0.198 e. The number of rotatable bonds is 3. The fraction of sp³-hybridized carbons (Fsp3) is 0.417. The summed E-state index contributed by atoms with van der Waals surface area (Å²) in [6.45, 7) is 4.41. The van der Waals surface area contributed by atoms with E-state index in [1.54, 1.807) is 0 Å². The third kappa shape index (κ3) is 2.59. The number of benzene rings is 1. The lowest BCUT2D eigenvalue weighted by atomic mass is 9.97. The van der Waals surface area contributed by atoms with E-state index < -0.39 is 0 Å². The Morgan fingerprint density at radius 3 is 2.38 bits per heavy atom. The van der Waals surface area contributed by atoms with Crippen molar-refractivity contribution in [1.82, 2.24) is 0 Å². The van der Waals surface area contributed by atoms with Crippen LogP contribution in [0.5, 0.6) is 0 Å². The zero-order valence-electron chi connectivity index (χ0n) is 8.25. The van der Waals surface area contributed by atoms with Gasteiger partial charge in [0.05, 0.1) is 12.5 Å². The predicted molar refractivity (Wildman–Crippen MR) is 54.5 cm³/mol. The molecule has 0 radical (unpaired) electrons. The summed E-state index contributed by atoms with van der Waals surface area (Å²) < 4.78 is 0. The summed E-state index contributed by atoms with van der Waals surface area (Å²) in [5, 5.41) is 8.49. The minimum atomic E-state index is 0.515. The standard InChI is InChI=1S/C12H15N/c1-3-10(2)12-6-4-11(5-7-12)8-9-13/h4-7,10H,3,8H2,1-2H3. The first-order chi connectivity index (χ1) is 6.27. The van der Waals surface area contributed by atoms with Crippen molar-refractivity contribution in [3.05, 3.63) is 35.4 Å². The zero-order chi connectivity index (χ0) is 9.68. The number of hydrogen-bond donors (Lipinski definition) is 0. The van der Waals surface area contributed by atoms with E-state index in [0.717, 1.165) is 12.0 Å². The van der Waals surface area contributed by atoms with Crippen molar-refractivity contribution in [2.24, 2.45) is 0 Å². The molecule has 0 saturated carbocycles. The first-order valence-corrected chi connectivity index (χ1v) is 4.73. The molecule has 1 heteroatoms. The monoisotopic (exact) mass is 173 g/mol. The van der Waals surface area contributed by atoms with Crippen LogP contribution in [0.25, 0.3) is 0 Å². The van der Waals surface area contributed by atoms with Gasteiger partial charge in [0, 0.05) is 0 Å². The Hall–Kier alpha value is -1.29. The van der Waals surface area contributed by atoms with Crippen molar-refractivity contribution in [3.8, 4) is 6.07 Å². The summed E-state index contributed by atoms with van der Waals surface area (Å²) in [4.78, 5) is 0. The van der Waals surface area contributed by atoms with E-state index in [2.05, 4.69) is 32.0 Å². The van der Waals surface area contributed by atoms with Crippen LogP contribution in [0.15, 0.2) is 24.3 Å². The highest BCUT2D eigenvalue weighted by molar-refractivity contribution is 5.26. The molecule has 1 atom stereocenters. The van der Waals surface area contributed by atoms with Gasteiger partial charge < -0.3 is 0 Å². The molecule has 0 N–H and O–H groups in total. The largest absolute Gasteiger partial charge is 0.198 e. The van der Waals surface area contributed by atoms with E-state index in [1.165, 1.54) is 5.56 Å². The fourth-order valence-electron chi connectivity index (χ4n) is 1.29. The van der Waals surface area contributed by atoms with Crippen molar-refractivity contribution < 1.29 is 0 Å². The lowest BCUT2D eigenvalue weighted by Crippen LogP contribution is -1.91. The maximum atomic E-state index is 8.49. The molecule has 1 unspecified atom stereocenters. The van der Waals surface area contributed by atoms with Crippen LogP contribution in [0.1, 0.15) is 37.3 Å². The molecule has 1 nitrogen and oxygen atoms in total. The molecular formula is C12H15N. The molecule has 68 valence electrons. The van der Waals surface area contributed by atoms with Crippen LogP contribution in [-0.4, -0.2) is 0 Å². The molecule has 13 heavy (non-hydrogen) atoms. The van der Waals surface area contributed by atoms with Crippen molar-refractivity contribution in [1.29, 1.82) is 5.26 Å². The summed E-state index contributed by atoms with van der Waals surface area (Å²) in [5.74, 6) is 0.621. The first kappa shape index (κ1) is 9.80. The molecule has 1 rings (SSSR count). The van der Waals surface area contributed by atoms with Crippen molar-refractivity contribution in [3.63, 3.8) is 0 Å². The van der Waals surface area contributed by atoms with Crippen LogP contribution in [0.2, 0.25) is 0 Å². The van der Waals surface area contributed by atoms with E-state index in [1.807, 2.05) is 12.1 Å². The Balaban J connectivity index is 2.76. The Kier molecular flexibility index (Phi) is 3.52. The highest BCUT2D eigenvalue weighted by atomic mass is 14.2. The van der Waals surface area contributed by atoms with Crippen LogP contribution in [0.4, 0.5) is 0 Å². The summed E-state index contributed by atoms with van der Waals surface area (Å²) in [7, 11) is 0. The summed E-state index contributed by atoms with van der Waals surface area (Å²) in [6, 6.07) is 10.5. The molecule has 0 spiro atoms. The van der Waals surface area contributed by atoms with Gasteiger partial charge in [-0.15, -0.1) is 0 Å². The molecular weight excluding hydrogens is 158 g/mol. The Morgan fingerprint density at radius 2 is 1.92 bits per heavy atom. The van der Waals surface area contributed by atoms with Gasteiger partial charge in [0.15, 0.2) is 0 Å². The molecule has 0 bridgehead atoms. The van der Waals surface area contributed by atoms with Crippen LogP contribution in [0, 0.1) is 11.3 Å². The third-order valence-corrected chi connectivity index (χ3v) is 2.44. The van der Waals surface area contributed by atoms with E-state index in [-0.39, 0.29) is 0 Å². The summed E-state index contributed by atoms with van der Waals surface area (Å²) >= 11 is 0. The van der Waals surface area contributed by atoms with Crippen molar-refractivity contribution in [2.45, 2.75) is 32.6 Å². The second-order valence-corrected chi connectivity index (χ2v) is 3.39. The van der Waals surface area contributed by atoms with Gasteiger partial charge in [-0.3, -0.25) is 0 Å². The maximum absolute atomic E-state index is 8.49. The van der Waals surface area contributed by atoms with Gasteiger partial charge in [-0.2, -0.15) is 5.26 Å². The van der Waals surface area contributed by atoms with Gasteiger partial charge in [-0.1, -0.05) is 38.1 Å². The van der Waals surface area contributed by atoms with E-state index in [9.17, 15) is 0 Å². The number of nitrogens with zero attached hydrogens (tertiary/aromatic N) is 1. The Morgan fingerprint density at radius 1 is 1.31 bits per heavy atom. The molecule has 0 amide bonds. The zero-order valence-corrected chi connectivity index (χ0v) is 8.25. The first-order valence-electron chi connectivity index (χ1n) is 4.73. The molecule has 0 fully saturated rings. The second kappa shape index (κ2) is 4.67. The normalized spacial score (nSPS) is 12.1. The van der Waals surface area contributed by atoms with Crippen molar-refractivity contribution >= 4 is 0 Å². The smallest absolute Gasteiger partial charge is 0.0669 e. The molecule has 0 heterocycles. The van der Waals surface area contributed by atoms with Crippen LogP contribution in [-0.2, 0) is 6.42 Å². The van der Waals surface area contributed by atoms with Crippen LogP contribution in [0.3, 0.4) is 0 Å². The average Bonchev–Trinajstić information content (AvgIpc) is 2.18. The fourth-order valence-corrected chi connectivity index (χ4v) is 1.29. The van der Waals surface area contributed by atoms with Crippen LogP contribution >= 0.6 is 0 Å². The van der Waals surface area contributed by atoms with Crippen molar-refractivity contribution in [2.75, 3.05) is 0 Å². The topological polar surface area (TPSA) is 23.8 Å². The van der Waals surface area contributed by atoms with E-state index in [0.29, 0.717) is 12.3 Å². The molecule has 0 aliphatic carbocycles. The molecule has 0 aromatic heterocycles. The SMILES string of the molecule is CCC(C)c1ccc(CC#N)cc1. The Labute approximate surface area is 80.0 Å².